The number of hydrogen-bond acceptors (Lipinski definition) is 3. The highest BCUT2D eigenvalue weighted by molar-refractivity contribution is 5.10. The van der Waals surface area contributed by atoms with E-state index >= 15 is 0 Å². The summed E-state index contributed by atoms with van der Waals surface area (Å²) in [5.41, 5.74) is 0.639. The number of fused-ring (bicyclic) bond motifs is 5. The molecule has 138 valence electrons. The largest absolute Gasteiger partial charge is 0.393 e. The van der Waals surface area contributed by atoms with Crippen LogP contribution >= 0.6 is 0 Å². The van der Waals surface area contributed by atoms with Crippen LogP contribution in [0.15, 0.2) is 0 Å². The summed E-state index contributed by atoms with van der Waals surface area (Å²) in [5, 5.41) is 10.6. The Hall–Kier alpha value is -0.120. The number of methoxy groups -OCH3 is 2. The van der Waals surface area contributed by atoms with Crippen molar-refractivity contribution in [1.82, 2.24) is 0 Å². The molecule has 0 heterocycles. The molecule has 0 bridgehead atoms. The molecular formula is C21H36O3. The lowest BCUT2D eigenvalue weighted by molar-refractivity contribution is -0.261. The van der Waals surface area contributed by atoms with Crippen molar-refractivity contribution in [3.63, 3.8) is 0 Å². The van der Waals surface area contributed by atoms with Crippen LogP contribution in [0.25, 0.3) is 0 Å². The molecule has 1 N–H and O–H groups in total. The Bertz CT molecular complexity index is 487. The topological polar surface area (TPSA) is 38.7 Å². The second-order valence-electron chi connectivity index (χ2n) is 9.82. The summed E-state index contributed by atoms with van der Waals surface area (Å²) in [6.07, 6.45) is 10.7. The van der Waals surface area contributed by atoms with E-state index in [1.807, 2.05) is 14.2 Å². The van der Waals surface area contributed by atoms with Gasteiger partial charge in [0.1, 0.15) is 0 Å². The summed E-state index contributed by atoms with van der Waals surface area (Å²) >= 11 is 0. The molecule has 0 amide bonds. The number of aliphatic hydroxyl groups excluding tert-OH is 1. The molecule has 0 saturated heterocycles. The monoisotopic (exact) mass is 336 g/mol. The van der Waals surface area contributed by atoms with Gasteiger partial charge < -0.3 is 14.6 Å². The van der Waals surface area contributed by atoms with Gasteiger partial charge in [0.25, 0.3) is 0 Å². The van der Waals surface area contributed by atoms with E-state index in [-0.39, 0.29) is 17.3 Å². The molecule has 0 spiro atoms. The Morgan fingerprint density at radius 1 is 0.792 bits per heavy atom. The van der Waals surface area contributed by atoms with Crippen molar-refractivity contribution in [3.05, 3.63) is 0 Å². The van der Waals surface area contributed by atoms with Gasteiger partial charge in [-0.3, -0.25) is 0 Å². The lowest BCUT2D eigenvalue weighted by Crippen LogP contribution is -2.56. The van der Waals surface area contributed by atoms with Gasteiger partial charge in [0.05, 0.1) is 6.10 Å². The maximum Gasteiger partial charge on any atom is 0.167 e. The minimum atomic E-state index is -0.344. The van der Waals surface area contributed by atoms with Crippen LogP contribution < -0.4 is 0 Å². The van der Waals surface area contributed by atoms with Crippen molar-refractivity contribution >= 4 is 0 Å². The summed E-state index contributed by atoms with van der Waals surface area (Å²) in [6, 6.07) is 0. The fourth-order valence-electron chi connectivity index (χ4n) is 7.62. The van der Waals surface area contributed by atoms with Gasteiger partial charge in [-0.2, -0.15) is 0 Å². The van der Waals surface area contributed by atoms with Crippen molar-refractivity contribution in [3.8, 4) is 0 Å². The minimum Gasteiger partial charge on any atom is -0.393 e. The molecule has 0 aromatic carbocycles. The molecule has 4 saturated carbocycles. The lowest BCUT2D eigenvalue weighted by Gasteiger charge is -2.61. The second-order valence-corrected chi connectivity index (χ2v) is 9.82. The van der Waals surface area contributed by atoms with Gasteiger partial charge in [-0.05, 0) is 79.4 Å². The smallest absolute Gasteiger partial charge is 0.167 e. The van der Waals surface area contributed by atoms with Crippen molar-refractivity contribution in [2.45, 2.75) is 83.5 Å². The highest BCUT2D eigenvalue weighted by atomic mass is 16.7. The first-order chi connectivity index (χ1) is 11.4. The zero-order chi connectivity index (χ0) is 17.2. The molecule has 3 nitrogen and oxygen atoms in total. The molecule has 4 rings (SSSR count). The van der Waals surface area contributed by atoms with Crippen LogP contribution in [-0.4, -0.2) is 31.2 Å². The maximum absolute atomic E-state index is 10.6. The Kier molecular flexibility index (Phi) is 4.10. The highest BCUT2D eigenvalue weighted by Crippen LogP contribution is 2.67. The van der Waals surface area contributed by atoms with Crippen molar-refractivity contribution in [2.24, 2.45) is 34.5 Å². The third-order valence-electron chi connectivity index (χ3n) is 9.36. The SMILES string of the molecule is COC1(OC)CC[C@]2(C)C3CC[C@@]4(C)C(CC[C@@H]4O)C3CC[C@H]2C1. The van der Waals surface area contributed by atoms with Crippen LogP contribution in [0.5, 0.6) is 0 Å². The van der Waals surface area contributed by atoms with E-state index in [0.717, 1.165) is 42.9 Å². The van der Waals surface area contributed by atoms with Gasteiger partial charge in [-0.1, -0.05) is 13.8 Å². The van der Waals surface area contributed by atoms with Gasteiger partial charge in [0.15, 0.2) is 5.79 Å². The van der Waals surface area contributed by atoms with Gasteiger partial charge in [-0.25, -0.2) is 0 Å². The highest BCUT2D eigenvalue weighted by Gasteiger charge is 2.61. The van der Waals surface area contributed by atoms with Gasteiger partial charge in [-0.15, -0.1) is 0 Å². The normalized spacial score (nSPS) is 53.1. The summed E-state index contributed by atoms with van der Waals surface area (Å²) < 4.78 is 11.6. The minimum absolute atomic E-state index is 0.0602. The first-order valence-electron chi connectivity index (χ1n) is 10.2. The van der Waals surface area contributed by atoms with E-state index in [0.29, 0.717) is 5.41 Å². The second kappa shape index (κ2) is 5.69. The van der Waals surface area contributed by atoms with Crippen molar-refractivity contribution < 1.29 is 14.6 Å². The molecule has 24 heavy (non-hydrogen) atoms. The molecule has 0 aromatic heterocycles. The molecular weight excluding hydrogens is 300 g/mol. The third kappa shape index (κ3) is 2.20. The Morgan fingerprint density at radius 3 is 2.21 bits per heavy atom. The molecule has 3 unspecified atom stereocenters. The number of ether oxygens (including phenoxy) is 2. The molecule has 3 heteroatoms. The molecule has 0 radical (unpaired) electrons. The zero-order valence-corrected chi connectivity index (χ0v) is 16.0. The first kappa shape index (κ1) is 17.3. The van der Waals surface area contributed by atoms with E-state index in [1.54, 1.807) is 0 Å². The van der Waals surface area contributed by atoms with E-state index in [1.165, 1.54) is 38.5 Å². The van der Waals surface area contributed by atoms with E-state index in [2.05, 4.69) is 13.8 Å². The molecule has 0 aliphatic heterocycles. The van der Waals surface area contributed by atoms with Crippen LogP contribution in [0.2, 0.25) is 0 Å². The maximum atomic E-state index is 10.6. The summed E-state index contributed by atoms with van der Waals surface area (Å²) in [4.78, 5) is 0. The number of rotatable bonds is 2. The molecule has 4 fully saturated rings. The fraction of sp³-hybridized carbons (Fsp3) is 1.00. The van der Waals surface area contributed by atoms with Crippen LogP contribution in [0.4, 0.5) is 0 Å². The summed E-state index contributed by atoms with van der Waals surface area (Å²) in [5.74, 6) is 2.80. The predicted octanol–water partition coefficient (Wildman–Crippen LogP) is 4.38. The Balaban J connectivity index is 1.59. The first-order valence-corrected chi connectivity index (χ1v) is 10.2. The molecule has 4 aliphatic rings. The third-order valence-corrected chi connectivity index (χ3v) is 9.36. The van der Waals surface area contributed by atoms with Crippen LogP contribution in [0.3, 0.4) is 0 Å². The van der Waals surface area contributed by atoms with Gasteiger partial charge >= 0.3 is 0 Å². The van der Waals surface area contributed by atoms with E-state index in [4.69, 9.17) is 9.47 Å². The van der Waals surface area contributed by atoms with Crippen LogP contribution in [0.1, 0.15) is 71.6 Å². The van der Waals surface area contributed by atoms with E-state index in [9.17, 15) is 5.11 Å². The van der Waals surface area contributed by atoms with Gasteiger partial charge in [0, 0.05) is 27.1 Å². The van der Waals surface area contributed by atoms with Crippen LogP contribution in [0, 0.1) is 34.5 Å². The molecule has 4 aliphatic carbocycles. The standard InChI is InChI=1S/C21H36O3/c1-19-11-12-21(23-3,24-4)13-14(19)5-6-15-16-7-8-18(22)20(16,2)10-9-17(15)19/h14-18,22H,5-13H2,1-4H3/t14-,15?,16?,17?,18-,19-,20-/m0/s1. The van der Waals surface area contributed by atoms with Crippen molar-refractivity contribution in [2.75, 3.05) is 14.2 Å². The molecule has 0 aromatic rings. The zero-order valence-electron chi connectivity index (χ0n) is 16.0. The average Bonchev–Trinajstić information content (AvgIpc) is 2.90. The van der Waals surface area contributed by atoms with Crippen LogP contribution in [-0.2, 0) is 9.47 Å². The van der Waals surface area contributed by atoms with E-state index < -0.39 is 0 Å². The van der Waals surface area contributed by atoms with Gasteiger partial charge in [0.2, 0.25) is 0 Å². The summed E-state index contributed by atoms with van der Waals surface area (Å²) in [7, 11) is 3.62. The number of aliphatic hydroxyl groups is 1. The number of hydrogen-bond donors (Lipinski definition) is 1. The average molecular weight is 337 g/mol. The van der Waals surface area contributed by atoms with Crippen molar-refractivity contribution in [1.29, 1.82) is 0 Å². The quantitative estimate of drug-likeness (QED) is 0.761. The fourth-order valence-corrected chi connectivity index (χ4v) is 7.62. The predicted molar refractivity (Wildman–Crippen MR) is 94.5 cm³/mol. The summed E-state index contributed by atoms with van der Waals surface area (Å²) in [6.45, 7) is 4.94. The molecule has 7 atom stereocenters. The Labute approximate surface area is 147 Å². The Morgan fingerprint density at radius 2 is 1.50 bits per heavy atom. The lowest BCUT2D eigenvalue weighted by atomic mass is 9.45.